The molecule has 0 nitrogen and oxygen atoms in total. The molecule has 0 saturated heterocycles. The minimum absolute atomic E-state index is 1.15. The third-order valence-electron chi connectivity index (χ3n) is 3.39. The van der Waals surface area contributed by atoms with E-state index in [4.69, 9.17) is 0 Å². The maximum absolute atomic E-state index is 4.16. The molecular weight excluding hydrogens is 204 g/mol. The molecule has 0 aromatic rings. The fraction of sp³-hybridized carbons (Fsp3) is 0.529. The molecule has 1 aliphatic carbocycles. The van der Waals surface area contributed by atoms with E-state index in [2.05, 4.69) is 45.6 Å². The predicted molar refractivity (Wildman–Crippen MR) is 78.1 cm³/mol. The lowest BCUT2D eigenvalue weighted by molar-refractivity contribution is 0.719. The topological polar surface area (TPSA) is 0 Å². The lowest BCUT2D eigenvalue weighted by Gasteiger charge is -2.13. The van der Waals surface area contributed by atoms with Crippen molar-refractivity contribution in [2.24, 2.45) is 0 Å². The molecule has 0 saturated carbocycles. The van der Waals surface area contributed by atoms with Gasteiger partial charge in [0.25, 0.3) is 0 Å². The highest BCUT2D eigenvalue weighted by atomic mass is 14.1. The third-order valence-corrected chi connectivity index (χ3v) is 3.39. The lowest BCUT2D eigenvalue weighted by atomic mass is 9.93. The molecule has 94 valence electrons. The Morgan fingerprint density at radius 2 is 2.06 bits per heavy atom. The molecule has 1 rings (SSSR count). The molecule has 0 aromatic carbocycles. The third kappa shape index (κ3) is 5.21. The summed E-state index contributed by atoms with van der Waals surface area (Å²) in [6.45, 7) is 10.8. The van der Waals surface area contributed by atoms with Crippen LogP contribution in [0.5, 0.6) is 0 Å². The van der Waals surface area contributed by atoms with Crippen molar-refractivity contribution in [2.75, 3.05) is 0 Å². The van der Waals surface area contributed by atoms with E-state index in [9.17, 15) is 0 Å². The minimum Gasteiger partial charge on any atom is -0.0958 e. The number of hydrogen-bond donors (Lipinski definition) is 0. The van der Waals surface area contributed by atoms with Gasteiger partial charge in [0.05, 0.1) is 0 Å². The SMILES string of the molecule is C=C(/C=C(\C)C1=CC=C(C)CC1)CCCCC. The van der Waals surface area contributed by atoms with Crippen molar-refractivity contribution in [2.45, 2.75) is 59.3 Å². The summed E-state index contributed by atoms with van der Waals surface area (Å²) in [6.07, 6.45) is 14.2. The van der Waals surface area contributed by atoms with Crippen molar-refractivity contribution in [1.29, 1.82) is 0 Å². The van der Waals surface area contributed by atoms with Crippen LogP contribution in [0, 0.1) is 0 Å². The molecule has 0 radical (unpaired) electrons. The van der Waals surface area contributed by atoms with Crippen molar-refractivity contribution < 1.29 is 0 Å². The van der Waals surface area contributed by atoms with Gasteiger partial charge in [0.2, 0.25) is 0 Å². The quantitative estimate of drug-likeness (QED) is 0.403. The van der Waals surface area contributed by atoms with Gasteiger partial charge in [-0.2, -0.15) is 0 Å². The zero-order valence-electron chi connectivity index (χ0n) is 11.7. The molecule has 0 spiro atoms. The average Bonchev–Trinajstić information content (AvgIpc) is 2.30. The Morgan fingerprint density at radius 3 is 2.65 bits per heavy atom. The van der Waals surface area contributed by atoms with Crippen LogP contribution in [0.1, 0.15) is 59.3 Å². The van der Waals surface area contributed by atoms with Crippen molar-refractivity contribution in [1.82, 2.24) is 0 Å². The van der Waals surface area contributed by atoms with E-state index >= 15 is 0 Å². The summed E-state index contributed by atoms with van der Waals surface area (Å²) in [5.41, 5.74) is 5.65. The highest BCUT2D eigenvalue weighted by molar-refractivity contribution is 5.39. The maximum Gasteiger partial charge on any atom is -0.0239 e. The summed E-state index contributed by atoms with van der Waals surface area (Å²) in [7, 11) is 0. The fourth-order valence-electron chi connectivity index (χ4n) is 2.14. The van der Waals surface area contributed by atoms with Crippen LogP contribution in [-0.2, 0) is 0 Å². The van der Waals surface area contributed by atoms with E-state index in [1.54, 1.807) is 0 Å². The maximum atomic E-state index is 4.16. The molecule has 0 fully saturated rings. The molecule has 17 heavy (non-hydrogen) atoms. The smallest absolute Gasteiger partial charge is 0.0239 e. The number of unbranched alkanes of at least 4 members (excludes halogenated alkanes) is 2. The van der Waals surface area contributed by atoms with E-state index < -0.39 is 0 Å². The van der Waals surface area contributed by atoms with Crippen molar-refractivity contribution in [3.05, 3.63) is 47.1 Å². The standard InChI is InChI=1S/C17H26/c1-5-6-7-8-15(3)13-16(4)17-11-9-14(2)10-12-17/h9,11,13H,3,5-8,10,12H2,1-2,4H3/b16-13+. The Kier molecular flexibility index (Phi) is 6.04. The van der Waals surface area contributed by atoms with E-state index in [0.29, 0.717) is 0 Å². The Hall–Kier alpha value is -1.04. The van der Waals surface area contributed by atoms with Gasteiger partial charge in [-0.05, 0) is 50.7 Å². The minimum atomic E-state index is 1.15. The summed E-state index contributed by atoms with van der Waals surface area (Å²) >= 11 is 0. The Labute approximate surface area is 107 Å². The molecule has 0 unspecified atom stereocenters. The molecule has 0 amide bonds. The van der Waals surface area contributed by atoms with Gasteiger partial charge >= 0.3 is 0 Å². The first-order valence-electron chi connectivity index (χ1n) is 6.86. The van der Waals surface area contributed by atoms with E-state index in [1.807, 2.05) is 0 Å². The summed E-state index contributed by atoms with van der Waals surface area (Å²) in [6, 6.07) is 0. The molecule has 0 aliphatic heterocycles. The van der Waals surface area contributed by atoms with Crippen molar-refractivity contribution >= 4 is 0 Å². The molecule has 0 bridgehead atoms. The average molecular weight is 230 g/mol. The molecule has 1 aliphatic rings. The van der Waals surface area contributed by atoms with Crippen LogP contribution < -0.4 is 0 Å². The zero-order valence-corrected chi connectivity index (χ0v) is 11.7. The van der Waals surface area contributed by atoms with Gasteiger partial charge in [-0.1, -0.05) is 55.7 Å². The number of allylic oxidation sites excluding steroid dienone is 7. The van der Waals surface area contributed by atoms with Crippen LogP contribution in [0.15, 0.2) is 47.1 Å². The molecular formula is C17H26. The first-order valence-corrected chi connectivity index (χ1v) is 6.86. The molecule has 0 heterocycles. The van der Waals surface area contributed by atoms with Crippen LogP contribution in [0.4, 0.5) is 0 Å². The molecule has 0 heteroatoms. The summed E-state index contributed by atoms with van der Waals surface area (Å²) in [5.74, 6) is 0. The van der Waals surface area contributed by atoms with E-state index in [0.717, 1.165) is 6.42 Å². The van der Waals surface area contributed by atoms with Crippen LogP contribution in [0.2, 0.25) is 0 Å². The molecule has 0 N–H and O–H groups in total. The van der Waals surface area contributed by atoms with Gasteiger partial charge < -0.3 is 0 Å². The second-order valence-corrected chi connectivity index (χ2v) is 5.15. The summed E-state index contributed by atoms with van der Waals surface area (Å²) in [4.78, 5) is 0. The van der Waals surface area contributed by atoms with E-state index in [-0.39, 0.29) is 0 Å². The summed E-state index contributed by atoms with van der Waals surface area (Å²) in [5, 5.41) is 0. The predicted octanol–water partition coefficient (Wildman–Crippen LogP) is 5.74. The molecule has 0 atom stereocenters. The Bertz CT molecular complexity index is 350. The molecule has 0 aromatic heterocycles. The van der Waals surface area contributed by atoms with Gasteiger partial charge in [-0.25, -0.2) is 0 Å². The first-order chi connectivity index (χ1) is 8.13. The van der Waals surface area contributed by atoms with Gasteiger partial charge in [0.1, 0.15) is 0 Å². The van der Waals surface area contributed by atoms with Gasteiger partial charge in [0, 0.05) is 0 Å². The van der Waals surface area contributed by atoms with Crippen molar-refractivity contribution in [3.63, 3.8) is 0 Å². The Balaban J connectivity index is 2.51. The van der Waals surface area contributed by atoms with Crippen LogP contribution in [0.25, 0.3) is 0 Å². The van der Waals surface area contributed by atoms with Gasteiger partial charge in [0.15, 0.2) is 0 Å². The second-order valence-electron chi connectivity index (χ2n) is 5.15. The number of hydrogen-bond acceptors (Lipinski definition) is 0. The fourth-order valence-corrected chi connectivity index (χ4v) is 2.14. The lowest BCUT2D eigenvalue weighted by Crippen LogP contribution is -1.93. The Morgan fingerprint density at radius 1 is 1.29 bits per heavy atom. The van der Waals surface area contributed by atoms with Crippen LogP contribution in [0.3, 0.4) is 0 Å². The van der Waals surface area contributed by atoms with Crippen LogP contribution in [-0.4, -0.2) is 0 Å². The van der Waals surface area contributed by atoms with Crippen LogP contribution >= 0.6 is 0 Å². The highest BCUT2D eigenvalue weighted by Gasteiger charge is 2.05. The zero-order chi connectivity index (χ0) is 12.7. The van der Waals surface area contributed by atoms with E-state index in [1.165, 1.54) is 54.4 Å². The van der Waals surface area contributed by atoms with Crippen molar-refractivity contribution in [3.8, 4) is 0 Å². The second kappa shape index (κ2) is 7.32. The van der Waals surface area contributed by atoms with Gasteiger partial charge in [-0.15, -0.1) is 0 Å². The number of rotatable bonds is 6. The van der Waals surface area contributed by atoms with Gasteiger partial charge in [-0.3, -0.25) is 0 Å². The highest BCUT2D eigenvalue weighted by Crippen LogP contribution is 2.24. The monoisotopic (exact) mass is 230 g/mol. The largest absolute Gasteiger partial charge is 0.0958 e. The summed E-state index contributed by atoms with van der Waals surface area (Å²) < 4.78 is 0. The first kappa shape index (κ1) is 14.0. The normalized spacial score (nSPS) is 16.5.